The molecule has 15 heavy (non-hydrogen) atoms. The van der Waals surface area contributed by atoms with Crippen LogP contribution in [0.4, 0.5) is 0 Å². The standard InChI is InChI=1S/C10H15N3O2/c1-7(11-2)4-3-5-8-6-12-10(15)13-9(8)14/h3,5-7,11H,4H2,1-2H3,(H2,12,13,14,15)/b5-3+/t7-/m0/s1. The maximum absolute atomic E-state index is 9.34. The highest BCUT2D eigenvalue weighted by atomic mass is 16.3. The van der Waals surface area contributed by atoms with E-state index in [-0.39, 0.29) is 5.88 Å². The molecular formula is C10H15N3O2. The van der Waals surface area contributed by atoms with Gasteiger partial charge in [-0.05, 0) is 20.4 Å². The Morgan fingerprint density at radius 1 is 1.53 bits per heavy atom. The van der Waals surface area contributed by atoms with Gasteiger partial charge in [-0.3, -0.25) is 0 Å². The van der Waals surface area contributed by atoms with Crippen LogP contribution in [0.25, 0.3) is 6.08 Å². The lowest BCUT2D eigenvalue weighted by atomic mass is 10.2. The van der Waals surface area contributed by atoms with Crippen LogP contribution in [0, 0.1) is 0 Å². The summed E-state index contributed by atoms with van der Waals surface area (Å²) in [6.07, 6.45) is 5.86. The summed E-state index contributed by atoms with van der Waals surface area (Å²) in [4.78, 5) is 7.00. The third-order valence-electron chi connectivity index (χ3n) is 2.06. The lowest BCUT2D eigenvalue weighted by molar-refractivity contribution is 0.396. The lowest BCUT2D eigenvalue weighted by Gasteiger charge is -2.05. The van der Waals surface area contributed by atoms with Gasteiger partial charge in [-0.2, -0.15) is 4.98 Å². The Labute approximate surface area is 88.5 Å². The second-order valence-corrected chi connectivity index (χ2v) is 3.28. The molecule has 5 nitrogen and oxygen atoms in total. The number of nitrogens with one attached hydrogen (secondary N) is 1. The Hall–Kier alpha value is -1.62. The topological polar surface area (TPSA) is 78.3 Å². The van der Waals surface area contributed by atoms with E-state index < -0.39 is 6.01 Å². The second-order valence-electron chi connectivity index (χ2n) is 3.28. The molecule has 1 rings (SSSR count). The molecule has 82 valence electrons. The summed E-state index contributed by atoms with van der Waals surface area (Å²) in [5.74, 6) is -0.212. The van der Waals surface area contributed by atoms with Crippen molar-refractivity contribution in [3.05, 3.63) is 17.8 Å². The number of hydrogen-bond acceptors (Lipinski definition) is 5. The fraction of sp³-hybridized carbons (Fsp3) is 0.400. The van der Waals surface area contributed by atoms with E-state index in [0.29, 0.717) is 11.6 Å². The van der Waals surface area contributed by atoms with E-state index in [1.165, 1.54) is 6.20 Å². The van der Waals surface area contributed by atoms with Gasteiger partial charge in [0.05, 0.1) is 5.56 Å². The quantitative estimate of drug-likeness (QED) is 0.686. The molecule has 0 amide bonds. The monoisotopic (exact) mass is 209 g/mol. The molecule has 3 N–H and O–H groups in total. The van der Waals surface area contributed by atoms with Gasteiger partial charge in [0.1, 0.15) is 0 Å². The molecule has 0 fully saturated rings. The molecule has 0 saturated carbocycles. The van der Waals surface area contributed by atoms with Crippen molar-refractivity contribution in [2.75, 3.05) is 7.05 Å². The lowest BCUT2D eigenvalue weighted by Crippen LogP contribution is -2.19. The Morgan fingerprint density at radius 3 is 2.87 bits per heavy atom. The maximum atomic E-state index is 9.34. The molecule has 1 atom stereocenters. The van der Waals surface area contributed by atoms with Gasteiger partial charge in [0.2, 0.25) is 5.88 Å². The van der Waals surface area contributed by atoms with E-state index in [2.05, 4.69) is 22.2 Å². The van der Waals surface area contributed by atoms with Crippen molar-refractivity contribution in [1.82, 2.24) is 15.3 Å². The maximum Gasteiger partial charge on any atom is 0.317 e. The Bertz CT molecular complexity index is 353. The molecule has 0 aliphatic carbocycles. The summed E-state index contributed by atoms with van der Waals surface area (Å²) in [6, 6.07) is -0.0466. The van der Waals surface area contributed by atoms with Gasteiger partial charge >= 0.3 is 6.01 Å². The van der Waals surface area contributed by atoms with Crippen molar-refractivity contribution in [2.24, 2.45) is 0 Å². The predicted octanol–water partition coefficient (Wildman–Crippen LogP) is 0.899. The third kappa shape index (κ3) is 3.55. The largest absolute Gasteiger partial charge is 0.493 e. The highest BCUT2D eigenvalue weighted by Crippen LogP contribution is 2.16. The first-order chi connectivity index (χ1) is 7.13. The molecule has 0 bridgehead atoms. The summed E-state index contributed by atoms with van der Waals surface area (Å²) >= 11 is 0. The van der Waals surface area contributed by atoms with E-state index >= 15 is 0 Å². The smallest absolute Gasteiger partial charge is 0.317 e. The minimum Gasteiger partial charge on any atom is -0.493 e. The van der Waals surface area contributed by atoms with Crippen LogP contribution in [0.3, 0.4) is 0 Å². The molecule has 0 unspecified atom stereocenters. The highest BCUT2D eigenvalue weighted by Gasteiger charge is 2.01. The minimum atomic E-state index is -0.423. The molecule has 1 heterocycles. The first-order valence-electron chi connectivity index (χ1n) is 4.72. The predicted molar refractivity (Wildman–Crippen MR) is 57.5 cm³/mol. The second kappa shape index (κ2) is 5.31. The molecule has 0 aromatic carbocycles. The van der Waals surface area contributed by atoms with E-state index in [4.69, 9.17) is 5.11 Å². The van der Waals surface area contributed by atoms with Crippen LogP contribution in [0.5, 0.6) is 11.9 Å². The van der Waals surface area contributed by atoms with Gasteiger partial charge in [0.15, 0.2) is 0 Å². The normalized spacial score (nSPS) is 13.2. The van der Waals surface area contributed by atoms with Crippen molar-refractivity contribution in [3.8, 4) is 11.9 Å². The zero-order valence-electron chi connectivity index (χ0n) is 8.81. The van der Waals surface area contributed by atoms with E-state index in [1.54, 1.807) is 6.08 Å². The number of nitrogens with zero attached hydrogens (tertiary/aromatic N) is 2. The molecule has 0 aliphatic rings. The molecule has 0 spiro atoms. The number of aromatic nitrogens is 2. The SMILES string of the molecule is CN[C@@H](C)C/C=C/c1cnc(O)nc1O. The summed E-state index contributed by atoms with van der Waals surface area (Å²) in [5.41, 5.74) is 0.496. The molecule has 0 aliphatic heterocycles. The van der Waals surface area contributed by atoms with E-state index in [1.807, 2.05) is 13.1 Å². The summed E-state index contributed by atoms with van der Waals surface area (Å²) in [6.45, 7) is 2.05. The summed E-state index contributed by atoms with van der Waals surface area (Å²) < 4.78 is 0. The highest BCUT2D eigenvalue weighted by molar-refractivity contribution is 5.53. The first kappa shape index (κ1) is 11.5. The molecule has 1 aromatic heterocycles. The first-order valence-corrected chi connectivity index (χ1v) is 4.72. The molecular weight excluding hydrogens is 194 g/mol. The fourth-order valence-corrected chi connectivity index (χ4v) is 1.01. The minimum absolute atomic E-state index is 0.212. The van der Waals surface area contributed by atoms with Crippen molar-refractivity contribution in [1.29, 1.82) is 0 Å². The van der Waals surface area contributed by atoms with E-state index in [0.717, 1.165) is 6.42 Å². The number of hydrogen-bond donors (Lipinski definition) is 3. The zero-order valence-corrected chi connectivity index (χ0v) is 8.81. The molecule has 1 aromatic rings. The Kier molecular flexibility index (Phi) is 4.05. The van der Waals surface area contributed by atoms with Crippen molar-refractivity contribution in [3.63, 3.8) is 0 Å². The molecule has 0 saturated heterocycles. The van der Waals surface area contributed by atoms with Crippen LogP contribution >= 0.6 is 0 Å². The summed E-state index contributed by atoms with van der Waals surface area (Å²) in [7, 11) is 1.89. The van der Waals surface area contributed by atoms with Crippen molar-refractivity contribution in [2.45, 2.75) is 19.4 Å². The van der Waals surface area contributed by atoms with E-state index in [9.17, 15) is 5.11 Å². The average Bonchev–Trinajstić information content (AvgIpc) is 2.21. The number of rotatable bonds is 4. The van der Waals surface area contributed by atoms with Gasteiger partial charge in [0.25, 0.3) is 0 Å². The summed E-state index contributed by atoms with van der Waals surface area (Å²) in [5, 5.41) is 21.3. The molecule has 0 radical (unpaired) electrons. The zero-order chi connectivity index (χ0) is 11.3. The Morgan fingerprint density at radius 2 is 2.27 bits per heavy atom. The van der Waals surface area contributed by atoms with Gasteiger partial charge in [-0.1, -0.05) is 12.2 Å². The van der Waals surface area contributed by atoms with Gasteiger partial charge in [-0.15, -0.1) is 0 Å². The average molecular weight is 209 g/mol. The van der Waals surface area contributed by atoms with Crippen LogP contribution in [-0.2, 0) is 0 Å². The van der Waals surface area contributed by atoms with Crippen molar-refractivity contribution >= 4 is 6.08 Å². The Balaban J connectivity index is 2.64. The van der Waals surface area contributed by atoms with Crippen LogP contribution in [0.2, 0.25) is 0 Å². The van der Waals surface area contributed by atoms with Crippen molar-refractivity contribution < 1.29 is 10.2 Å². The van der Waals surface area contributed by atoms with Crippen LogP contribution in [0.15, 0.2) is 12.3 Å². The third-order valence-corrected chi connectivity index (χ3v) is 2.06. The fourth-order valence-electron chi connectivity index (χ4n) is 1.01. The molecule has 5 heteroatoms. The van der Waals surface area contributed by atoms with Crippen LogP contribution < -0.4 is 5.32 Å². The van der Waals surface area contributed by atoms with Crippen LogP contribution in [-0.4, -0.2) is 33.3 Å². The van der Waals surface area contributed by atoms with Crippen LogP contribution in [0.1, 0.15) is 18.9 Å². The van der Waals surface area contributed by atoms with Gasteiger partial charge in [-0.25, -0.2) is 4.98 Å². The number of aromatic hydroxyl groups is 2. The van der Waals surface area contributed by atoms with Gasteiger partial charge < -0.3 is 15.5 Å². The van der Waals surface area contributed by atoms with Gasteiger partial charge in [0, 0.05) is 12.2 Å².